The second-order valence-electron chi connectivity index (χ2n) is 9.04. The molecule has 1 rings (SSSR count). The number of carboxylic acid groups (broad SMARTS) is 1. The summed E-state index contributed by atoms with van der Waals surface area (Å²) in [6, 6.07) is 6.64. The van der Waals surface area contributed by atoms with Gasteiger partial charge in [0.15, 0.2) is 0 Å². The van der Waals surface area contributed by atoms with Crippen LogP contribution in [-0.2, 0) is 15.6 Å². The van der Waals surface area contributed by atoms with Crippen molar-refractivity contribution in [2.45, 2.75) is 102 Å². The van der Waals surface area contributed by atoms with Gasteiger partial charge >= 0.3 is 5.97 Å². The molecule has 0 heterocycles. The normalized spacial score (nSPS) is 13.7. The van der Waals surface area contributed by atoms with Gasteiger partial charge in [0.05, 0.1) is 0 Å². The Kier molecular flexibility index (Phi) is 8.05. The van der Waals surface area contributed by atoms with E-state index in [2.05, 4.69) is 66.7 Å². The molecule has 1 aromatic rings. The Morgan fingerprint density at radius 1 is 0.960 bits per heavy atom. The number of thioether (sulfide) groups is 1. The highest BCUT2D eigenvalue weighted by atomic mass is 32.2. The number of carbonyl (C=O) groups is 1. The fourth-order valence-electron chi connectivity index (χ4n) is 2.69. The van der Waals surface area contributed by atoms with E-state index in [0.29, 0.717) is 0 Å². The minimum Gasteiger partial charge on any atom is -0.480 e. The van der Waals surface area contributed by atoms with Crippen LogP contribution in [0.25, 0.3) is 0 Å². The van der Waals surface area contributed by atoms with Crippen LogP contribution < -0.4 is 0 Å². The summed E-state index contributed by atoms with van der Waals surface area (Å²) in [6.45, 7) is 15.4. The van der Waals surface area contributed by atoms with Crippen molar-refractivity contribution in [1.29, 1.82) is 0 Å². The zero-order valence-electron chi connectivity index (χ0n) is 17.1. The first kappa shape index (κ1) is 22.1. The Morgan fingerprint density at radius 3 is 1.88 bits per heavy atom. The van der Waals surface area contributed by atoms with Crippen LogP contribution in [0.3, 0.4) is 0 Å². The average molecular weight is 365 g/mol. The van der Waals surface area contributed by atoms with E-state index < -0.39 is 5.97 Å². The molecule has 0 radical (unpaired) electrons. The summed E-state index contributed by atoms with van der Waals surface area (Å²) >= 11 is 1.52. The number of unbranched alkanes of at least 4 members (excludes halogenated alkanes) is 3. The number of hydrogen-bond acceptors (Lipinski definition) is 2. The maximum Gasteiger partial charge on any atom is 0.316 e. The molecular formula is C22H36O2S. The molecule has 0 fully saturated rings. The van der Waals surface area contributed by atoms with Gasteiger partial charge in [-0.15, -0.1) is 11.8 Å². The highest BCUT2D eigenvalue weighted by molar-refractivity contribution is 8.00. The summed E-state index contributed by atoms with van der Waals surface area (Å²) < 4.78 is 0. The molecule has 142 valence electrons. The van der Waals surface area contributed by atoms with Gasteiger partial charge in [0.1, 0.15) is 5.25 Å². The van der Waals surface area contributed by atoms with E-state index in [1.165, 1.54) is 35.7 Å². The lowest BCUT2D eigenvalue weighted by molar-refractivity contribution is -0.136. The summed E-state index contributed by atoms with van der Waals surface area (Å²) in [5, 5.41) is 9.27. The van der Waals surface area contributed by atoms with E-state index in [0.717, 1.165) is 24.2 Å². The lowest BCUT2D eigenvalue weighted by Gasteiger charge is -2.26. The van der Waals surface area contributed by atoms with Gasteiger partial charge < -0.3 is 5.11 Å². The number of aliphatic carboxylic acids is 1. The van der Waals surface area contributed by atoms with Crippen LogP contribution >= 0.6 is 11.8 Å². The maximum absolute atomic E-state index is 11.7. The fraction of sp³-hybridized carbons (Fsp3) is 0.682. The second kappa shape index (κ2) is 9.12. The van der Waals surface area contributed by atoms with Crippen molar-refractivity contribution in [3.8, 4) is 0 Å². The molecular weight excluding hydrogens is 328 g/mol. The molecule has 3 heteroatoms. The van der Waals surface area contributed by atoms with Gasteiger partial charge in [0.25, 0.3) is 0 Å². The van der Waals surface area contributed by atoms with E-state index in [9.17, 15) is 9.90 Å². The van der Waals surface area contributed by atoms with Crippen molar-refractivity contribution in [3.63, 3.8) is 0 Å². The zero-order chi connectivity index (χ0) is 19.3. The molecule has 1 aromatic carbocycles. The van der Waals surface area contributed by atoms with Gasteiger partial charge in [0, 0.05) is 4.90 Å². The third-order valence-corrected chi connectivity index (χ3v) is 5.74. The third-order valence-electron chi connectivity index (χ3n) is 4.51. The van der Waals surface area contributed by atoms with Crippen LogP contribution in [-0.4, -0.2) is 16.3 Å². The Bertz CT molecular complexity index is 532. The first-order valence-electron chi connectivity index (χ1n) is 9.50. The molecule has 0 saturated carbocycles. The van der Waals surface area contributed by atoms with Crippen molar-refractivity contribution >= 4 is 17.7 Å². The lowest BCUT2D eigenvalue weighted by atomic mass is 9.81. The molecule has 0 amide bonds. The van der Waals surface area contributed by atoms with Crippen molar-refractivity contribution in [1.82, 2.24) is 0 Å². The molecule has 0 aliphatic carbocycles. The molecule has 0 aliphatic heterocycles. The molecule has 0 spiro atoms. The summed E-state index contributed by atoms with van der Waals surface area (Å²) in [6.07, 6.45) is 5.21. The van der Waals surface area contributed by atoms with Crippen LogP contribution in [0.15, 0.2) is 23.1 Å². The first-order chi connectivity index (χ1) is 11.4. The lowest BCUT2D eigenvalue weighted by Crippen LogP contribution is -2.18. The van der Waals surface area contributed by atoms with E-state index in [1.54, 1.807) is 0 Å². The molecule has 0 aliphatic rings. The zero-order valence-corrected chi connectivity index (χ0v) is 17.9. The van der Waals surface area contributed by atoms with Gasteiger partial charge in [-0.05, 0) is 40.5 Å². The Labute approximate surface area is 158 Å². The van der Waals surface area contributed by atoms with Gasteiger partial charge in [-0.1, -0.05) is 80.2 Å². The number of carboxylic acids is 1. The standard InChI is InChI=1S/C22H36O2S/c1-8-9-10-11-12-19(20(23)24)25-18-14-16(21(2,3)4)13-17(15-18)22(5,6)7/h13-15,19H,8-12H2,1-7H3,(H,23,24). The summed E-state index contributed by atoms with van der Waals surface area (Å²) in [4.78, 5) is 12.8. The quantitative estimate of drug-likeness (QED) is 0.407. The van der Waals surface area contributed by atoms with Crippen molar-refractivity contribution < 1.29 is 9.90 Å². The topological polar surface area (TPSA) is 37.3 Å². The molecule has 0 bridgehead atoms. The predicted octanol–water partition coefficient (Wildman–Crippen LogP) is 6.80. The first-order valence-corrected chi connectivity index (χ1v) is 10.4. The second-order valence-corrected chi connectivity index (χ2v) is 10.3. The van der Waals surface area contributed by atoms with Crippen molar-refractivity contribution in [2.75, 3.05) is 0 Å². The van der Waals surface area contributed by atoms with Crippen molar-refractivity contribution in [3.05, 3.63) is 29.3 Å². The van der Waals surface area contributed by atoms with Crippen LogP contribution in [0.2, 0.25) is 0 Å². The summed E-state index contributed by atoms with van der Waals surface area (Å²) in [7, 11) is 0. The minimum absolute atomic E-state index is 0.0520. The molecule has 25 heavy (non-hydrogen) atoms. The van der Waals surface area contributed by atoms with Gasteiger partial charge in [-0.3, -0.25) is 4.79 Å². The van der Waals surface area contributed by atoms with E-state index >= 15 is 0 Å². The highest BCUT2D eigenvalue weighted by Gasteiger charge is 2.23. The third kappa shape index (κ3) is 7.43. The smallest absolute Gasteiger partial charge is 0.316 e. The average Bonchev–Trinajstić information content (AvgIpc) is 2.48. The van der Waals surface area contributed by atoms with Gasteiger partial charge in [0.2, 0.25) is 0 Å². The summed E-state index contributed by atoms with van der Waals surface area (Å²) in [5.41, 5.74) is 2.66. The van der Waals surface area contributed by atoms with Crippen LogP contribution in [0.5, 0.6) is 0 Å². The Morgan fingerprint density at radius 2 is 1.48 bits per heavy atom. The monoisotopic (exact) mass is 364 g/mol. The van der Waals surface area contributed by atoms with E-state index in [-0.39, 0.29) is 16.1 Å². The number of hydrogen-bond donors (Lipinski definition) is 1. The van der Waals surface area contributed by atoms with Gasteiger partial charge in [-0.2, -0.15) is 0 Å². The molecule has 1 unspecified atom stereocenters. The molecule has 1 atom stereocenters. The Hall–Kier alpha value is -0.960. The predicted molar refractivity (Wildman–Crippen MR) is 110 cm³/mol. The van der Waals surface area contributed by atoms with E-state index in [1.807, 2.05) is 0 Å². The van der Waals surface area contributed by atoms with Crippen LogP contribution in [0.4, 0.5) is 0 Å². The summed E-state index contributed by atoms with van der Waals surface area (Å²) in [5.74, 6) is -0.694. The maximum atomic E-state index is 11.7. The van der Waals surface area contributed by atoms with Gasteiger partial charge in [-0.25, -0.2) is 0 Å². The molecule has 2 nitrogen and oxygen atoms in total. The number of benzene rings is 1. The fourth-order valence-corrected chi connectivity index (χ4v) is 3.79. The number of rotatable bonds is 8. The molecule has 1 N–H and O–H groups in total. The molecule has 0 saturated heterocycles. The van der Waals surface area contributed by atoms with E-state index in [4.69, 9.17) is 0 Å². The van der Waals surface area contributed by atoms with Crippen molar-refractivity contribution in [2.24, 2.45) is 0 Å². The largest absolute Gasteiger partial charge is 0.480 e. The highest BCUT2D eigenvalue weighted by Crippen LogP contribution is 2.36. The molecule has 0 aromatic heterocycles. The Balaban J connectivity index is 3.06. The van der Waals surface area contributed by atoms with Crippen LogP contribution in [0.1, 0.15) is 91.7 Å². The SMILES string of the molecule is CCCCCCC(Sc1cc(C(C)(C)C)cc(C(C)(C)C)c1)C(=O)O. The van der Waals surface area contributed by atoms with Crippen LogP contribution in [0, 0.1) is 0 Å². The minimum atomic E-state index is -0.694.